The predicted molar refractivity (Wildman–Crippen MR) is 56.7 cm³/mol. The lowest BCUT2D eigenvalue weighted by molar-refractivity contribution is 0.0946. The number of ketones is 1. The lowest BCUT2D eigenvalue weighted by Crippen LogP contribution is -2.03. The van der Waals surface area contributed by atoms with Crippen molar-refractivity contribution in [2.45, 2.75) is 13.3 Å². The molecule has 0 fully saturated rings. The number of methoxy groups -OCH3 is 2. The van der Waals surface area contributed by atoms with Gasteiger partial charge in [-0.25, -0.2) is 0 Å². The molecule has 1 aromatic carbocycles. The standard InChI is InChI=1S/C12H14O3/c1-7-4-8-5-10(14-2)11(15-3)6-9(8)12(7)13/h5-7H,4H2,1-3H3/t7-/m0/s1. The summed E-state index contributed by atoms with van der Waals surface area (Å²) in [5, 5.41) is 0. The monoisotopic (exact) mass is 206 g/mol. The largest absolute Gasteiger partial charge is 0.493 e. The maximum atomic E-state index is 11.8. The number of ether oxygens (including phenoxy) is 2. The van der Waals surface area contributed by atoms with Gasteiger partial charge in [-0.2, -0.15) is 0 Å². The number of hydrogen-bond donors (Lipinski definition) is 0. The summed E-state index contributed by atoms with van der Waals surface area (Å²) in [5.74, 6) is 1.60. The van der Waals surface area contributed by atoms with Crippen LogP contribution in [0.2, 0.25) is 0 Å². The quantitative estimate of drug-likeness (QED) is 0.743. The predicted octanol–water partition coefficient (Wildman–Crippen LogP) is 2.08. The smallest absolute Gasteiger partial charge is 0.166 e. The van der Waals surface area contributed by atoms with Crippen LogP contribution in [0.4, 0.5) is 0 Å². The van der Waals surface area contributed by atoms with Crippen LogP contribution in [0.5, 0.6) is 11.5 Å². The fourth-order valence-electron chi connectivity index (χ4n) is 2.01. The van der Waals surface area contributed by atoms with Gasteiger partial charge in [-0.1, -0.05) is 6.92 Å². The minimum absolute atomic E-state index is 0.0804. The van der Waals surface area contributed by atoms with Crippen LogP contribution in [0.15, 0.2) is 12.1 Å². The molecule has 2 rings (SSSR count). The summed E-state index contributed by atoms with van der Waals surface area (Å²) in [4.78, 5) is 11.8. The average molecular weight is 206 g/mol. The van der Waals surface area contributed by atoms with Crippen molar-refractivity contribution in [1.82, 2.24) is 0 Å². The molecule has 1 aliphatic carbocycles. The lowest BCUT2D eigenvalue weighted by atomic mass is 10.1. The van der Waals surface area contributed by atoms with Gasteiger partial charge in [0.2, 0.25) is 0 Å². The Labute approximate surface area is 89.0 Å². The maximum absolute atomic E-state index is 11.8. The van der Waals surface area contributed by atoms with Gasteiger partial charge >= 0.3 is 0 Å². The second-order valence-electron chi connectivity index (χ2n) is 3.83. The van der Waals surface area contributed by atoms with E-state index < -0.39 is 0 Å². The van der Waals surface area contributed by atoms with E-state index in [1.165, 1.54) is 0 Å². The first-order chi connectivity index (χ1) is 7.17. The van der Waals surface area contributed by atoms with Crippen LogP contribution in [0, 0.1) is 5.92 Å². The summed E-state index contributed by atoms with van der Waals surface area (Å²) in [7, 11) is 3.18. The van der Waals surface area contributed by atoms with Crippen LogP contribution < -0.4 is 9.47 Å². The molecule has 1 aromatic rings. The third-order valence-electron chi connectivity index (χ3n) is 2.85. The van der Waals surface area contributed by atoms with E-state index in [0.29, 0.717) is 11.5 Å². The van der Waals surface area contributed by atoms with Crippen molar-refractivity contribution in [2.24, 2.45) is 5.92 Å². The molecule has 3 nitrogen and oxygen atoms in total. The van der Waals surface area contributed by atoms with Crippen LogP contribution in [0.25, 0.3) is 0 Å². The normalized spacial score (nSPS) is 18.9. The highest BCUT2D eigenvalue weighted by Gasteiger charge is 2.28. The van der Waals surface area contributed by atoms with Crippen LogP contribution in [0.3, 0.4) is 0 Å². The Balaban J connectivity index is 2.53. The minimum Gasteiger partial charge on any atom is -0.493 e. The summed E-state index contributed by atoms with van der Waals surface area (Å²) in [6.07, 6.45) is 0.800. The Hall–Kier alpha value is -1.51. The molecule has 0 radical (unpaired) electrons. The maximum Gasteiger partial charge on any atom is 0.166 e. The minimum atomic E-state index is 0.0804. The molecule has 0 saturated carbocycles. The zero-order valence-corrected chi connectivity index (χ0v) is 9.16. The lowest BCUT2D eigenvalue weighted by Gasteiger charge is -2.09. The molecule has 3 heteroatoms. The van der Waals surface area contributed by atoms with Crippen LogP contribution >= 0.6 is 0 Å². The average Bonchev–Trinajstić information content (AvgIpc) is 2.53. The molecule has 0 heterocycles. The Morgan fingerprint density at radius 3 is 2.40 bits per heavy atom. The molecule has 80 valence electrons. The molecule has 15 heavy (non-hydrogen) atoms. The van der Waals surface area contributed by atoms with E-state index in [2.05, 4.69) is 0 Å². The number of hydrogen-bond acceptors (Lipinski definition) is 3. The number of carbonyl (C=O) groups excluding carboxylic acids is 1. The first-order valence-corrected chi connectivity index (χ1v) is 4.96. The van der Waals surface area contributed by atoms with E-state index in [9.17, 15) is 4.79 Å². The molecule has 0 aromatic heterocycles. The first kappa shape index (κ1) is 10.0. The zero-order valence-electron chi connectivity index (χ0n) is 9.16. The van der Waals surface area contributed by atoms with Crippen molar-refractivity contribution in [2.75, 3.05) is 14.2 Å². The summed E-state index contributed by atoms with van der Waals surface area (Å²) in [6.45, 7) is 1.95. The molecule has 0 unspecified atom stereocenters. The molecule has 1 aliphatic rings. The molecule has 1 atom stereocenters. The topological polar surface area (TPSA) is 35.5 Å². The summed E-state index contributed by atoms with van der Waals surface area (Å²) in [5.41, 5.74) is 1.84. The highest BCUT2D eigenvalue weighted by Crippen LogP contribution is 2.36. The summed E-state index contributed by atoms with van der Waals surface area (Å²) >= 11 is 0. The van der Waals surface area contributed by atoms with Gasteiger partial charge < -0.3 is 9.47 Å². The first-order valence-electron chi connectivity index (χ1n) is 4.96. The zero-order chi connectivity index (χ0) is 11.0. The Morgan fingerprint density at radius 1 is 1.20 bits per heavy atom. The SMILES string of the molecule is COc1cc2c(cc1OC)C(=O)[C@@H](C)C2. The Kier molecular flexibility index (Phi) is 2.39. The van der Waals surface area contributed by atoms with Crippen LogP contribution in [-0.4, -0.2) is 20.0 Å². The molecule has 0 N–H and O–H groups in total. The van der Waals surface area contributed by atoms with Crippen LogP contribution in [0.1, 0.15) is 22.8 Å². The van der Waals surface area contributed by atoms with Crippen molar-refractivity contribution >= 4 is 5.78 Å². The van der Waals surface area contributed by atoms with Gasteiger partial charge in [0.25, 0.3) is 0 Å². The molecule has 0 bridgehead atoms. The van der Waals surface area contributed by atoms with Gasteiger partial charge in [0.1, 0.15) is 0 Å². The number of Topliss-reactive ketones (excluding diaryl/α,β-unsaturated/α-hetero) is 1. The molecule has 0 spiro atoms. The third kappa shape index (κ3) is 1.48. The molecule has 0 amide bonds. The molecule has 0 saturated heterocycles. The van der Waals surface area contributed by atoms with E-state index in [-0.39, 0.29) is 11.7 Å². The molecular weight excluding hydrogens is 192 g/mol. The van der Waals surface area contributed by atoms with Crippen molar-refractivity contribution in [3.8, 4) is 11.5 Å². The van der Waals surface area contributed by atoms with Gasteiger partial charge in [0.05, 0.1) is 14.2 Å². The highest BCUT2D eigenvalue weighted by atomic mass is 16.5. The number of rotatable bonds is 2. The van der Waals surface area contributed by atoms with Crippen molar-refractivity contribution in [3.63, 3.8) is 0 Å². The highest BCUT2D eigenvalue weighted by molar-refractivity contribution is 6.02. The Morgan fingerprint density at radius 2 is 1.80 bits per heavy atom. The van der Waals surface area contributed by atoms with Gasteiger partial charge in [-0.05, 0) is 24.1 Å². The molecule has 0 aliphatic heterocycles. The summed E-state index contributed by atoms with van der Waals surface area (Å²) < 4.78 is 10.4. The number of carbonyl (C=O) groups is 1. The second-order valence-corrected chi connectivity index (χ2v) is 3.83. The van der Waals surface area contributed by atoms with E-state index in [1.807, 2.05) is 13.0 Å². The van der Waals surface area contributed by atoms with Crippen molar-refractivity contribution in [1.29, 1.82) is 0 Å². The van der Waals surface area contributed by atoms with Gasteiger partial charge in [0.15, 0.2) is 17.3 Å². The Bertz CT molecular complexity index is 410. The van der Waals surface area contributed by atoms with Gasteiger partial charge in [0, 0.05) is 11.5 Å². The van der Waals surface area contributed by atoms with Crippen LogP contribution in [-0.2, 0) is 6.42 Å². The van der Waals surface area contributed by atoms with Gasteiger partial charge in [-0.15, -0.1) is 0 Å². The third-order valence-corrected chi connectivity index (χ3v) is 2.85. The van der Waals surface area contributed by atoms with E-state index in [1.54, 1.807) is 20.3 Å². The van der Waals surface area contributed by atoms with Crippen molar-refractivity contribution < 1.29 is 14.3 Å². The van der Waals surface area contributed by atoms with Crippen molar-refractivity contribution in [3.05, 3.63) is 23.3 Å². The number of benzene rings is 1. The van der Waals surface area contributed by atoms with Gasteiger partial charge in [-0.3, -0.25) is 4.79 Å². The van der Waals surface area contributed by atoms with E-state index >= 15 is 0 Å². The number of fused-ring (bicyclic) bond motifs is 1. The summed E-state index contributed by atoms with van der Waals surface area (Å²) in [6, 6.07) is 3.68. The second kappa shape index (κ2) is 3.57. The van der Waals surface area contributed by atoms with E-state index in [4.69, 9.17) is 9.47 Å². The van der Waals surface area contributed by atoms with E-state index in [0.717, 1.165) is 17.5 Å². The fraction of sp³-hybridized carbons (Fsp3) is 0.417. The fourth-order valence-corrected chi connectivity index (χ4v) is 2.01. The molecular formula is C12H14O3.